The van der Waals surface area contributed by atoms with Gasteiger partial charge in [0.1, 0.15) is 5.75 Å². The van der Waals surface area contributed by atoms with E-state index in [1.807, 2.05) is 0 Å². The van der Waals surface area contributed by atoms with E-state index in [-0.39, 0.29) is 0 Å². The third-order valence-electron chi connectivity index (χ3n) is 4.07. The van der Waals surface area contributed by atoms with Crippen molar-refractivity contribution in [3.05, 3.63) is 40.9 Å². The predicted octanol–water partition coefficient (Wildman–Crippen LogP) is 5.08. The second-order valence-electron chi connectivity index (χ2n) is 5.45. The second-order valence-corrected chi connectivity index (χ2v) is 6.69. The maximum atomic E-state index is 5.98. The van der Waals surface area contributed by atoms with Crippen LogP contribution in [-0.4, -0.2) is 12.4 Å². The Morgan fingerprint density at radius 1 is 1.11 bits per heavy atom. The summed E-state index contributed by atoms with van der Waals surface area (Å²) in [5.74, 6) is 1.89. The van der Waals surface area contributed by atoms with Crippen LogP contribution in [0.2, 0.25) is 0 Å². The SMILES string of the molecule is SCC1(COc2ccc3cc(Br)ccc3c2)CCC1. The molecule has 2 aromatic rings. The smallest absolute Gasteiger partial charge is 0.119 e. The van der Waals surface area contributed by atoms with E-state index < -0.39 is 0 Å². The molecule has 0 unspecified atom stereocenters. The lowest BCUT2D eigenvalue weighted by atomic mass is 9.71. The molecule has 1 saturated carbocycles. The van der Waals surface area contributed by atoms with Crippen LogP contribution in [0.5, 0.6) is 5.75 Å². The Hall–Kier alpha value is -0.670. The van der Waals surface area contributed by atoms with Crippen molar-refractivity contribution in [3.8, 4) is 5.75 Å². The highest BCUT2D eigenvalue weighted by Crippen LogP contribution is 2.42. The van der Waals surface area contributed by atoms with Gasteiger partial charge in [0.25, 0.3) is 0 Å². The van der Waals surface area contributed by atoms with Crippen LogP contribution < -0.4 is 4.74 Å². The Kier molecular flexibility index (Phi) is 3.77. The van der Waals surface area contributed by atoms with Crippen LogP contribution >= 0.6 is 28.6 Å². The van der Waals surface area contributed by atoms with Crippen molar-refractivity contribution in [1.82, 2.24) is 0 Å². The first-order chi connectivity index (χ1) is 9.21. The minimum atomic E-state index is 0.317. The molecule has 0 amide bonds. The molecule has 0 atom stereocenters. The Balaban J connectivity index is 1.76. The summed E-state index contributed by atoms with van der Waals surface area (Å²) < 4.78 is 7.09. The Bertz CT molecular complexity index is 587. The van der Waals surface area contributed by atoms with Crippen LogP contribution in [0.25, 0.3) is 10.8 Å². The lowest BCUT2D eigenvalue weighted by molar-refractivity contribution is 0.0830. The number of thiol groups is 1. The molecule has 0 heterocycles. The highest BCUT2D eigenvalue weighted by atomic mass is 79.9. The van der Waals surface area contributed by atoms with Crippen molar-refractivity contribution in [2.45, 2.75) is 19.3 Å². The van der Waals surface area contributed by atoms with Gasteiger partial charge in [-0.2, -0.15) is 12.6 Å². The fourth-order valence-corrected chi connectivity index (χ4v) is 3.33. The summed E-state index contributed by atoms with van der Waals surface area (Å²) in [6.07, 6.45) is 3.81. The van der Waals surface area contributed by atoms with Gasteiger partial charge in [0.2, 0.25) is 0 Å². The van der Waals surface area contributed by atoms with Gasteiger partial charge in [0.15, 0.2) is 0 Å². The Labute approximate surface area is 127 Å². The molecule has 0 aliphatic heterocycles. The lowest BCUT2D eigenvalue weighted by Crippen LogP contribution is -2.37. The molecule has 3 heteroatoms. The number of fused-ring (bicyclic) bond motifs is 1. The predicted molar refractivity (Wildman–Crippen MR) is 87.3 cm³/mol. The Morgan fingerprint density at radius 3 is 2.53 bits per heavy atom. The molecule has 0 bridgehead atoms. The number of benzene rings is 2. The maximum absolute atomic E-state index is 5.98. The highest BCUT2D eigenvalue weighted by Gasteiger charge is 2.36. The summed E-state index contributed by atoms with van der Waals surface area (Å²) in [6.45, 7) is 0.790. The molecule has 0 N–H and O–H groups in total. The summed E-state index contributed by atoms with van der Waals surface area (Å²) in [5.41, 5.74) is 0.317. The van der Waals surface area contributed by atoms with Crippen LogP contribution in [0.1, 0.15) is 19.3 Å². The third kappa shape index (κ3) is 2.77. The molecule has 0 aromatic heterocycles. The van der Waals surface area contributed by atoms with Gasteiger partial charge < -0.3 is 4.74 Å². The summed E-state index contributed by atoms with van der Waals surface area (Å²) in [4.78, 5) is 0. The van der Waals surface area contributed by atoms with E-state index in [1.165, 1.54) is 30.0 Å². The maximum Gasteiger partial charge on any atom is 0.119 e. The summed E-state index contributed by atoms with van der Waals surface area (Å²) in [5, 5.41) is 2.45. The molecule has 3 rings (SSSR count). The molecule has 19 heavy (non-hydrogen) atoms. The quantitative estimate of drug-likeness (QED) is 0.766. The van der Waals surface area contributed by atoms with Crippen molar-refractivity contribution >= 4 is 39.3 Å². The molecule has 1 fully saturated rings. The van der Waals surface area contributed by atoms with E-state index >= 15 is 0 Å². The van der Waals surface area contributed by atoms with Gasteiger partial charge in [-0.15, -0.1) is 0 Å². The molecular weight excluding hydrogens is 320 g/mol. The third-order valence-corrected chi connectivity index (χ3v) is 5.23. The van der Waals surface area contributed by atoms with E-state index in [9.17, 15) is 0 Å². The van der Waals surface area contributed by atoms with Crippen molar-refractivity contribution in [2.75, 3.05) is 12.4 Å². The van der Waals surface area contributed by atoms with Gasteiger partial charge in [-0.1, -0.05) is 34.5 Å². The zero-order chi connectivity index (χ0) is 13.3. The van der Waals surface area contributed by atoms with Gasteiger partial charge in [-0.05, 0) is 53.6 Å². The Morgan fingerprint density at radius 2 is 1.84 bits per heavy atom. The molecule has 1 aliphatic rings. The second kappa shape index (κ2) is 5.37. The van der Waals surface area contributed by atoms with E-state index in [4.69, 9.17) is 4.74 Å². The van der Waals surface area contributed by atoms with E-state index in [0.29, 0.717) is 5.41 Å². The van der Waals surface area contributed by atoms with E-state index in [2.05, 4.69) is 65.0 Å². The molecule has 100 valence electrons. The largest absolute Gasteiger partial charge is 0.493 e. The average Bonchev–Trinajstić information content (AvgIpc) is 2.38. The topological polar surface area (TPSA) is 9.23 Å². The first-order valence-corrected chi connectivity index (χ1v) is 8.06. The molecule has 0 radical (unpaired) electrons. The fraction of sp³-hybridized carbons (Fsp3) is 0.375. The first kappa shape index (κ1) is 13.3. The van der Waals surface area contributed by atoms with Gasteiger partial charge in [0.05, 0.1) is 6.61 Å². The van der Waals surface area contributed by atoms with Crippen LogP contribution in [0.4, 0.5) is 0 Å². The molecule has 2 aromatic carbocycles. The van der Waals surface area contributed by atoms with Gasteiger partial charge in [-0.25, -0.2) is 0 Å². The molecular formula is C16H17BrOS. The lowest BCUT2D eigenvalue weighted by Gasteiger charge is -2.40. The number of ether oxygens (including phenoxy) is 1. The minimum absolute atomic E-state index is 0.317. The zero-order valence-electron chi connectivity index (χ0n) is 10.7. The van der Waals surface area contributed by atoms with Crippen LogP contribution in [0.15, 0.2) is 40.9 Å². The van der Waals surface area contributed by atoms with Gasteiger partial charge >= 0.3 is 0 Å². The van der Waals surface area contributed by atoms with Crippen LogP contribution in [0, 0.1) is 5.41 Å². The van der Waals surface area contributed by atoms with Crippen molar-refractivity contribution in [1.29, 1.82) is 0 Å². The molecule has 0 saturated heterocycles. The summed E-state index contributed by atoms with van der Waals surface area (Å²) in [7, 11) is 0. The molecule has 0 spiro atoms. The van der Waals surface area contributed by atoms with Crippen molar-refractivity contribution < 1.29 is 4.74 Å². The number of rotatable bonds is 4. The van der Waals surface area contributed by atoms with Crippen molar-refractivity contribution in [3.63, 3.8) is 0 Å². The number of hydrogen-bond donors (Lipinski definition) is 1. The standard InChI is InChI=1S/C16H17BrOS/c17-14-4-2-13-9-15(5-3-12(13)8-14)18-10-16(11-19)6-1-7-16/h2-5,8-9,19H,1,6-7,10-11H2. The minimum Gasteiger partial charge on any atom is -0.493 e. The zero-order valence-corrected chi connectivity index (χ0v) is 13.2. The average molecular weight is 337 g/mol. The van der Waals surface area contributed by atoms with Crippen molar-refractivity contribution in [2.24, 2.45) is 5.41 Å². The van der Waals surface area contributed by atoms with E-state index in [0.717, 1.165) is 22.6 Å². The van der Waals surface area contributed by atoms with Crippen LogP contribution in [-0.2, 0) is 0 Å². The number of hydrogen-bond acceptors (Lipinski definition) is 2. The molecule has 1 aliphatic carbocycles. The fourth-order valence-electron chi connectivity index (χ4n) is 2.55. The summed E-state index contributed by atoms with van der Waals surface area (Å²) >= 11 is 7.96. The summed E-state index contributed by atoms with van der Waals surface area (Å²) in [6, 6.07) is 12.6. The first-order valence-electron chi connectivity index (χ1n) is 6.64. The van der Waals surface area contributed by atoms with Crippen LogP contribution in [0.3, 0.4) is 0 Å². The molecule has 1 nitrogen and oxygen atoms in total. The number of halogens is 1. The monoisotopic (exact) mass is 336 g/mol. The highest BCUT2D eigenvalue weighted by molar-refractivity contribution is 9.10. The van der Waals surface area contributed by atoms with Gasteiger partial charge in [0, 0.05) is 9.89 Å². The van der Waals surface area contributed by atoms with Gasteiger partial charge in [-0.3, -0.25) is 0 Å². The normalized spacial score (nSPS) is 17.2. The van der Waals surface area contributed by atoms with E-state index in [1.54, 1.807) is 0 Å².